The third-order valence-corrected chi connectivity index (χ3v) is 3.85. The first-order valence-corrected chi connectivity index (χ1v) is 10.5. The highest BCUT2D eigenvalue weighted by atomic mass is 16.5. The number of nitrogens with zero attached hydrogens (tertiary/aromatic N) is 1. The van der Waals surface area contributed by atoms with E-state index in [9.17, 15) is 9.59 Å². The first-order chi connectivity index (χ1) is 13.3. The quantitative estimate of drug-likeness (QED) is 0.704. The molecule has 2 aliphatic rings. The number of amides is 3. The maximum atomic E-state index is 11.3. The number of hydrogen-bond acceptors (Lipinski definition) is 4. The van der Waals surface area contributed by atoms with Crippen molar-refractivity contribution in [1.29, 1.82) is 0 Å². The van der Waals surface area contributed by atoms with E-state index in [0.717, 1.165) is 25.3 Å². The molecule has 3 amide bonds. The van der Waals surface area contributed by atoms with Crippen LogP contribution in [0.15, 0.2) is 0 Å². The summed E-state index contributed by atoms with van der Waals surface area (Å²) in [6.07, 6.45) is 8.88. The number of carbonyl (C=O) groups is 3. The average Bonchev–Trinajstić information content (AvgIpc) is 3.33. The minimum Gasteiger partial charge on any atom is -0.381 e. The SMILES string of the molecule is CC.CC(C)C.COC1CCCC1.C[C@@H]1CCCN1C(=O)CNC=O.NC=O. The zero-order valence-electron chi connectivity index (χ0n) is 19.2. The summed E-state index contributed by atoms with van der Waals surface area (Å²) >= 11 is 0. The minimum atomic E-state index is 0.0205. The van der Waals surface area contributed by atoms with E-state index >= 15 is 0 Å². The number of carbonyl (C=O) groups excluding carboxylic acids is 3. The second-order valence-corrected chi connectivity index (χ2v) is 7.09. The summed E-state index contributed by atoms with van der Waals surface area (Å²) in [7, 11) is 1.80. The predicted octanol–water partition coefficient (Wildman–Crippen LogP) is 3.11. The summed E-state index contributed by atoms with van der Waals surface area (Å²) < 4.78 is 5.11. The minimum absolute atomic E-state index is 0.0205. The highest BCUT2D eigenvalue weighted by molar-refractivity contribution is 5.80. The number of ether oxygens (including phenoxy) is 1. The molecule has 2 rings (SSSR count). The topological polar surface area (TPSA) is 102 Å². The maximum Gasteiger partial charge on any atom is 0.242 e. The summed E-state index contributed by atoms with van der Waals surface area (Å²) in [5.41, 5.74) is 4.17. The zero-order chi connectivity index (χ0) is 22.4. The molecule has 1 aliphatic carbocycles. The number of rotatable bonds is 4. The number of hydrogen-bond donors (Lipinski definition) is 2. The van der Waals surface area contributed by atoms with Crippen LogP contribution >= 0.6 is 0 Å². The van der Waals surface area contributed by atoms with E-state index in [-0.39, 0.29) is 18.9 Å². The molecule has 1 saturated heterocycles. The van der Waals surface area contributed by atoms with Crippen LogP contribution in [0.3, 0.4) is 0 Å². The van der Waals surface area contributed by atoms with Gasteiger partial charge in [-0.1, -0.05) is 47.5 Å². The molecule has 0 radical (unpaired) electrons. The standard InChI is InChI=1S/C8H14N2O2.C6H12O.C4H10.C2H6.CH3NO/c1-7-3-2-4-10(7)8(12)5-9-6-11;1-7-6-4-2-3-5-6;1-4(2)3;1-2;2-1-3/h6-7H,2-5H2,1H3,(H,9,11);6H,2-5H2,1H3;4H,1-3H3;1-2H3;1H,(H2,2,3)/t7-;;;;/m1..../s1. The van der Waals surface area contributed by atoms with Crippen molar-refractivity contribution >= 4 is 18.7 Å². The molecule has 2 fully saturated rings. The van der Waals surface area contributed by atoms with Gasteiger partial charge < -0.3 is 20.7 Å². The van der Waals surface area contributed by atoms with E-state index in [0.29, 0.717) is 18.6 Å². The molecular formula is C21H45N3O4. The summed E-state index contributed by atoms with van der Waals surface area (Å²) in [4.78, 5) is 31.6. The molecule has 3 N–H and O–H groups in total. The van der Waals surface area contributed by atoms with Crippen LogP contribution in [0, 0.1) is 5.92 Å². The van der Waals surface area contributed by atoms with E-state index in [1.165, 1.54) is 25.7 Å². The zero-order valence-corrected chi connectivity index (χ0v) is 19.2. The molecule has 1 aliphatic heterocycles. The van der Waals surface area contributed by atoms with Crippen molar-refractivity contribution in [3.8, 4) is 0 Å². The Labute approximate surface area is 172 Å². The summed E-state index contributed by atoms with van der Waals surface area (Å²) in [5.74, 6) is 0.854. The number of nitrogens with two attached hydrogens (primary N) is 1. The van der Waals surface area contributed by atoms with Crippen molar-refractivity contribution in [2.24, 2.45) is 11.7 Å². The second-order valence-electron chi connectivity index (χ2n) is 7.09. The second kappa shape index (κ2) is 23.4. The van der Waals surface area contributed by atoms with Gasteiger partial charge in [-0.15, -0.1) is 0 Å². The van der Waals surface area contributed by atoms with Crippen molar-refractivity contribution in [1.82, 2.24) is 10.2 Å². The molecule has 0 aromatic rings. The third-order valence-electron chi connectivity index (χ3n) is 3.85. The van der Waals surface area contributed by atoms with Crippen molar-refractivity contribution in [3.63, 3.8) is 0 Å². The summed E-state index contributed by atoms with van der Waals surface area (Å²) in [5, 5.41) is 2.37. The number of methoxy groups -OCH3 is 1. The van der Waals surface area contributed by atoms with E-state index in [1.807, 2.05) is 25.7 Å². The Balaban J connectivity index is -0.000000332. The van der Waals surface area contributed by atoms with Crippen molar-refractivity contribution < 1.29 is 19.1 Å². The molecule has 1 atom stereocenters. The van der Waals surface area contributed by atoms with Gasteiger partial charge in [0.1, 0.15) is 0 Å². The Morgan fingerprint density at radius 2 is 1.61 bits per heavy atom. The van der Waals surface area contributed by atoms with Crippen molar-refractivity contribution in [2.45, 2.75) is 92.2 Å². The maximum absolute atomic E-state index is 11.3. The van der Waals surface area contributed by atoms with Gasteiger partial charge in [-0.3, -0.25) is 14.4 Å². The van der Waals surface area contributed by atoms with Crippen LogP contribution in [0.25, 0.3) is 0 Å². The summed E-state index contributed by atoms with van der Waals surface area (Å²) in [6, 6.07) is 0.339. The number of likely N-dealkylation sites (tertiary alicyclic amines) is 1. The van der Waals surface area contributed by atoms with Crippen LogP contribution in [-0.4, -0.2) is 56.0 Å². The van der Waals surface area contributed by atoms with Crippen LogP contribution in [0.5, 0.6) is 0 Å². The number of primary amides is 1. The van der Waals surface area contributed by atoms with Crippen LogP contribution in [0.4, 0.5) is 0 Å². The van der Waals surface area contributed by atoms with E-state index in [1.54, 1.807) is 7.11 Å². The van der Waals surface area contributed by atoms with Gasteiger partial charge in [-0.05, 0) is 38.5 Å². The largest absolute Gasteiger partial charge is 0.381 e. The Hall–Kier alpha value is -1.63. The summed E-state index contributed by atoms with van der Waals surface area (Å²) in [6.45, 7) is 13.5. The Morgan fingerprint density at radius 1 is 1.14 bits per heavy atom. The highest BCUT2D eigenvalue weighted by Gasteiger charge is 2.24. The normalized spacial score (nSPS) is 17.4. The average molecular weight is 404 g/mol. The number of nitrogens with one attached hydrogen (secondary N) is 1. The van der Waals surface area contributed by atoms with Crippen LogP contribution in [-0.2, 0) is 19.1 Å². The third kappa shape index (κ3) is 20.7. The van der Waals surface area contributed by atoms with Gasteiger partial charge in [-0.25, -0.2) is 0 Å². The van der Waals surface area contributed by atoms with Gasteiger partial charge in [0.05, 0.1) is 12.6 Å². The van der Waals surface area contributed by atoms with Gasteiger partial charge >= 0.3 is 0 Å². The predicted molar refractivity (Wildman–Crippen MR) is 116 cm³/mol. The molecule has 1 heterocycles. The molecule has 0 unspecified atom stereocenters. The lowest BCUT2D eigenvalue weighted by Crippen LogP contribution is -2.39. The monoisotopic (exact) mass is 403 g/mol. The fraction of sp³-hybridized carbons (Fsp3) is 0.857. The van der Waals surface area contributed by atoms with Crippen molar-refractivity contribution in [2.75, 3.05) is 20.2 Å². The molecule has 0 bridgehead atoms. The van der Waals surface area contributed by atoms with Gasteiger partial charge in [0.15, 0.2) is 0 Å². The Bertz CT molecular complexity index is 357. The van der Waals surface area contributed by atoms with Crippen molar-refractivity contribution in [3.05, 3.63) is 0 Å². The van der Waals surface area contributed by atoms with E-state index in [2.05, 4.69) is 31.8 Å². The van der Waals surface area contributed by atoms with Crippen LogP contribution in [0.2, 0.25) is 0 Å². The molecule has 0 spiro atoms. The molecule has 1 saturated carbocycles. The Kier molecular flexibility index (Phi) is 26.0. The molecule has 7 heteroatoms. The van der Waals surface area contributed by atoms with Gasteiger partial charge in [0.25, 0.3) is 0 Å². The molecule has 0 aromatic heterocycles. The fourth-order valence-corrected chi connectivity index (χ4v) is 2.66. The van der Waals surface area contributed by atoms with Gasteiger partial charge in [0, 0.05) is 19.7 Å². The lowest BCUT2D eigenvalue weighted by atomic mass is 10.2. The molecular weight excluding hydrogens is 358 g/mol. The van der Waals surface area contributed by atoms with Gasteiger partial charge in [0.2, 0.25) is 18.7 Å². The smallest absolute Gasteiger partial charge is 0.242 e. The lowest BCUT2D eigenvalue weighted by Gasteiger charge is -2.20. The molecule has 28 heavy (non-hydrogen) atoms. The van der Waals surface area contributed by atoms with Crippen LogP contribution in [0.1, 0.15) is 80.1 Å². The fourth-order valence-electron chi connectivity index (χ4n) is 2.66. The Morgan fingerprint density at radius 3 is 1.89 bits per heavy atom. The molecule has 168 valence electrons. The first kappa shape index (κ1) is 31.1. The van der Waals surface area contributed by atoms with E-state index in [4.69, 9.17) is 9.53 Å². The van der Waals surface area contributed by atoms with Gasteiger partial charge in [-0.2, -0.15) is 0 Å². The lowest BCUT2D eigenvalue weighted by molar-refractivity contribution is -0.131. The molecule has 0 aromatic carbocycles. The highest BCUT2D eigenvalue weighted by Crippen LogP contribution is 2.19. The van der Waals surface area contributed by atoms with Crippen LogP contribution < -0.4 is 11.1 Å². The molecule has 7 nitrogen and oxygen atoms in total. The first-order valence-electron chi connectivity index (χ1n) is 10.5. The van der Waals surface area contributed by atoms with E-state index < -0.39 is 0 Å².